The molecule has 140 valence electrons. The smallest absolute Gasteiger partial charge is 0.272 e. The number of carbonyl (C=O) groups excluding carboxylic acids is 1. The molecule has 27 heavy (non-hydrogen) atoms. The molecule has 1 amide bonds. The molecule has 1 fully saturated rings. The predicted molar refractivity (Wildman–Crippen MR) is 115 cm³/mol. The summed E-state index contributed by atoms with van der Waals surface area (Å²) >= 11 is 3.73. The third kappa shape index (κ3) is 4.83. The Hall–Kier alpha value is -2.02. The van der Waals surface area contributed by atoms with E-state index in [2.05, 4.69) is 33.8 Å². The normalized spacial score (nSPS) is 15.0. The number of anilines is 1. The van der Waals surface area contributed by atoms with Crippen molar-refractivity contribution in [2.24, 2.45) is 0 Å². The van der Waals surface area contributed by atoms with Crippen LogP contribution in [0, 0.1) is 0 Å². The second kappa shape index (κ2) is 8.78. The molecule has 0 unspecified atom stereocenters. The Morgan fingerprint density at radius 2 is 1.93 bits per heavy atom. The molecule has 1 saturated heterocycles. The van der Waals surface area contributed by atoms with E-state index in [-0.39, 0.29) is 5.91 Å². The van der Waals surface area contributed by atoms with Gasteiger partial charge in [-0.15, -0.1) is 11.3 Å². The van der Waals surface area contributed by atoms with Crippen LogP contribution >= 0.6 is 23.1 Å². The summed E-state index contributed by atoms with van der Waals surface area (Å²) < 4.78 is 2.00. The molecule has 0 bridgehead atoms. The highest BCUT2D eigenvalue weighted by atomic mass is 32.2. The Morgan fingerprint density at radius 1 is 1.04 bits per heavy atom. The minimum Gasteiger partial charge on any atom is -0.338 e. The Balaban J connectivity index is 1.42. The van der Waals surface area contributed by atoms with Crippen molar-refractivity contribution in [3.63, 3.8) is 0 Å². The first-order valence-corrected chi connectivity index (χ1v) is 11.2. The van der Waals surface area contributed by atoms with Crippen LogP contribution in [0.1, 0.15) is 20.9 Å². The lowest BCUT2D eigenvalue weighted by atomic mass is 10.2. The van der Waals surface area contributed by atoms with Gasteiger partial charge in [0, 0.05) is 47.9 Å². The summed E-state index contributed by atoms with van der Waals surface area (Å²) in [5.74, 6) is 2.35. The Kier molecular flexibility index (Phi) is 5.97. The minimum atomic E-state index is -0.0666. The van der Waals surface area contributed by atoms with Crippen LogP contribution in [-0.2, 0) is 13.1 Å². The topological polar surface area (TPSA) is 37.3 Å². The van der Waals surface area contributed by atoms with Gasteiger partial charge in [-0.3, -0.25) is 9.69 Å². The number of aromatic nitrogens is 1. The molecule has 4 rings (SSSR count). The van der Waals surface area contributed by atoms with Crippen LogP contribution in [0.15, 0.2) is 60.1 Å². The molecular formula is C21H23N3OS2. The lowest BCUT2D eigenvalue weighted by Crippen LogP contribution is -2.31. The highest BCUT2D eigenvalue weighted by molar-refractivity contribution is 7.99. The predicted octanol–water partition coefficient (Wildman–Crippen LogP) is 4.40. The first kappa shape index (κ1) is 18.3. The van der Waals surface area contributed by atoms with Gasteiger partial charge in [-0.05, 0) is 41.3 Å². The van der Waals surface area contributed by atoms with Gasteiger partial charge in [0.25, 0.3) is 5.91 Å². The van der Waals surface area contributed by atoms with Crippen molar-refractivity contribution in [3.05, 3.63) is 76.2 Å². The molecular weight excluding hydrogens is 374 g/mol. The SMILES string of the molecule is O=C(Nc1cccc(CN2CCSCC2)c1)c1cccn1Cc1cccs1. The molecule has 3 heterocycles. The maximum atomic E-state index is 12.8. The standard InChI is InChI=1S/C21H23N3OS2/c25-21(20-7-2-8-24(20)16-19-6-3-11-27-19)22-18-5-1-4-17(14-18)15-23-9-12-26-13-10-23/h1-8,11,14H,9-10,12-13,15-16H2,(H,22,25). The minimum absolute atomic E-state index is 0.0666. The highest BCUT2D eigenvalue weighted by Gasteiger charge is 2.13. The van der Waals surface area contributed by atoms with Crippen molar-refractivity contribution >= 4 is 34.7 Å². The Labute approximate surface area is 168 Å². The molecule has 1 aliphatic rings. The maximum absolute atomic E-state index is 12.8. The molecule has 1 aromatic carbocycles. The molecule has 6 heteroatoms. The van der Waals surface area contributed by atoms with E-state index in [1.54, 1.807) is 11.3 Å². The molecule has 2 aromatic heterocycles. The second-order valence-corrected chi connectivity index (χ2v) is 8.90. The highest BCUT2D eigenvalue weighted by Crippen LogP contribution is 2.18. The number of hydrogen-bond acceptors (Lipinski definition) is 4. The molecule has 0 atom stereocenters. The zero-order valence-corrected chi connectivity index (χ0v) is 16.8. The van der Waals surface area contributed by atoms with E-state index in [0.29, 0.717) is 5.69 Å². The van der Waals surface area contributed by atoms with Crippen LogP contribution in [0.2, 0.25) is 0 Å². The average Bonchev–Trinajstić information content (AvgIpc) is 3.35. The number of carbonyl (C=O) groups is 1. The maximum Gasteiger partial charge on any atom is 0.272 e. The molecule has 1 aliphatic heterocycles. The summed E-state index contributed by atoms with van der Waals surface area (Å²) in [5.41, 5.74) is 2.78. The van der Waals surface area contributed by atoms with Gasteiger partial charge in [-0.1, -0.05) is 18.2 Å². The van der Waals surface area contributed by atoms with Crippen LogP contribution in [0.3, 0.4) is 0 Å². The van der Waals surface area contributed by atoms with Crippen molar-refractivity contribution in [3.8, 4) is 0 Å². The third-order valence-electron chi connectivity index (χ3n) is 4.66. The van der Waals surface area contributed by atoms with Crippen molar-refractivity contribution in [1.29, 1.82) is 0 Å². The van der Waals surface area contributed by atoms with Gasteiger partial charge in [-0.25, -0.2) is 0 Å². The first-order chi connectivity index (χ1) is 13.3. The van der Waals surface area contributed by atoms with Crippen LogP contribution in [-0.4, -0.2) is 40.0 Å². The monoisotopic (exact) mass is 397 g/mol. The number of hydrogen-bond donors (Lipinski definition) is 1. The number of amides is 1. The average molecular weight is 398 g/mol. The Bertz CT molecular complexity index is 882. The molecule has 0 radical (unpaired) electrons. The number of thiophene rings is 1. The van der Waals surface area contributed by atoms with Crippen LogP contribution in [0.25, 0.3) is 0 Å². The number of nitrogens with zero attached hydrogens (tertiary/aromatic N) is 2. The van der Waals surface area contributed by atoms with Gasteiger partial charge in [0.1, 0.15) is 5.69 Å². The summed E-state index contributed by atoms with van der Waals surface area (Å²) in [7, 11) is 0. The van der Waals surface area contributed by atoms with E-state index in [4.69, 9.17) is 0 Å². The summed E-state index contributed by atoms with van der Waals surface area (Å²) in [5, 5.41) is 5.12. The lowest BCUT2D eigenvalue weighted by Gasteiger charge is -2.26. The van der Waals surface area contributed by atoms with Gasteiger partial charge in [-0.2, -0.15) is 11.8 Å². The molecule has 0 saturated carbocycles. The largest absolute Gasteiger partial charge is 0.338 e. The quantitative estimate of drug-likeness (QED) is 0.670. The van der Waals surface area contributed by atoms with Crippen molar-refractivity contribution in [2.45, 2.75) is 13.1 Å². The number of nitrogens with one attached hydrogen (secondary N) is 1. The molecule has 0 spiro atoms. The van der Waals surface area contributed by atoms with E-state index in [0.717, 1.165) is 31.9 Å². The van der Waals surface area contributed by atoms with Crippen molar-refractivity contribution in [2.75, 3.05) is 29.9 Å². The number of benzene rings is 1. The molecule has 3 aromatic rings. The van der Waals surface area contributed by atoms with E-state index in [1.807, 2.05) is 52.9 Å². The van der Waals surface area contributed by atoms with Crippen LogP contribution in [0.5, 0.6) is 0 Å². The number of rotatable bonds is 6. The van der Waals surface area contributed by atoms with Crippen LogP contribution < -0.4 is 5.32 Å². The zero-order valence-electron chi connectivity index (χ0n) is 15.1. The van der Waals surface area contributed by atoms with E-state index < -0.39 is 0 Å². The lowest BCUT2D eigenvalue weighted by molar-refractivity contribution is 0.101. The summed E-state index contributed by atoms with van der Waals surface area (Å²) in [4.78, 5) is 16.5. The van der Waals surface area contributed by atoms with E-state index in [9.17, 15) is 4.79 Å². The molecule has 0 aliphatic carbocycles. The second-order valence-electron chi connectivity index (χ2n) is 6.64. The Morgan fingerprint density at radius 3 is 2.74 bits per heavy atom. The fraction of sp³-hybridized carbons (Fsp3) is 0.286. The fourth-order valence-electron chi connectivity index (χ4n) is 3.29. The van der Waals surface area contributed by atoms with Gasteiger partial charge in [0.2, 0.25) is 0 Å². The summed E-state index contributed by atoms with van der Waals surface area (Å²) in [6, 6.07) is 16.1. The zero-order chi connectivity index (χ0) is 18.5. The fourth-order valence-corrected chi connectivity index (χ4v) is 4.97. The summed E-state index contributed by atoms with van der Waals surface area (Å²) in [6.07, 6.45) is 1.96. The number of thioether (sulfide) groups is 1. The molecule has 1 N–H and O–H groups in total. The van der Waals surface area contributed by atoms with Crippen LogP contribution in [0.4, 0.5) is 5.69 Å². The van der Waals surface area contributed by atoms with Gasteiger partial charge in [0.15, 0.2) is 0 Å². The van der Waals surface area contributed by atoms with Crippen molar-refractivity contribution in [1.82, 2.24) is 9.47 Å². The van der Waals surface area contributed by atoms with E-state index in [1.165, 1.54) is 21.9 Å². The van der Waals surface area contributed by atoms with Gasteiger partial charge < -0.3 is 9.88 Å². The third-order valence-corrected chi connectivity index (χ3v) is 6.47. The van der Waals surface area contributed by atoms with E-state index >= 15 is 0 Å². The first-order valence-electron chi connectivity index (χ1n) is 9.16. The van der Waals surface area contributed by atoms with Gasteiger partial charge >= 0.3 is 0 Å². The van der Waals surface area contributed by atoms with Gasteiger partial charge in [0.05, 0.1) is 6.54 Å². The summed E-state index contributed by atoms with van der Waals surface area (Å²) in [6.45, 7) is 3.94. The van der Waals surface area contributed by atoms with Crippen molar-refractivity contribution < 1.29 is 4.79 Å². The molecule has 4 nitrogen and oxygen atoms in total.